The van der Waals surface area contributed by atoms with Crippen LogP contribution >= 0.6 is 0 Å². The molecule has 2 heterocycles. The van der Waals surface area contributed by atoms with E-state index in [9.17, 15) is 14.4 Å². The average Bonchev–Trinajstić information content (AvgIpc) is 3.25. The summed E-state index contributed by atoms with van der Waals surface area (Å²) in [6, 6.07) is 11.5. The number of carbonyl (C=O) groups excluding carboxylic acids is 3. The standard InChI is InChI=1S/C20H24N4O4/c1-14-10-17(22-28-14)21-18(25)13-23(2)20(27)16-11-19(26)24(12-16)9-8-15-6-4-3-5-7-15/h3-7,10,16H,8-9,11-13H2,1-2H3,(H,21,22,25). The third-order valence-corrected chi connectivity index (χ3v) is 4.73. The van der Waals surface area contributed by atoms with E-state index < -0.39 is 5.92 Å². The molecule has 0 radical (unpaired) electrons. The van der Waals surface area contributed by atoms with Crippen LogP contribution in [0.15, 0.2) is 40.9 Å². The van der Waals surface area contributed by atoms with Crippen LogP contribution in [0.1, 0.15) is 17.7 Å². The zero-order valence-corrected chi connectivity index (χ0v) is 16.1. The van der Waals surface area contributed by atoms with Gasteiger partial charge in [0.15, 0.2) is 5.82 Å². The Bertz CT molecular complexity index is 849. The van der Waals surface area contributed by atoms with Gasteiger partial charge in [0.05, 0.1) is 12.5 Å². The SMILES string of the molecule is Cc1cc(NC(=O)CN(C)C(=O)C2CC(=O)N(CCc3ccccc3)C2)no1. The van der Waals surface area contributed by atoms with Crippen molar-refractivity contribution in [2.75, 3.05) is 32.0 Å². The van der Waals surface area contributed by atoms with Crippen molar-refractivity contribution in [3.63, 3.8) is 0 Å². The molecular formula is C20H24N4O4. The van der Waals surface area contributed by atoms with Gasteiger partial charge in [0, 0.05) is 32.6 Å². The van der Waals surface area contributed by atoms with Crippen LogP contribution < -0.4 is 5.32 Å². The van der Waals surface area contributed by atoms with Crippen molar-refractivity contribution in [3.05, 3.63) is 47.7 Å². The van der Waals surface area contributed by atoms with Crippen molar-refractivity contribution in [2.24, 2.45) is 5.92 Å². The summed E-state index contributed by atoms with van der Waals surface area (Å²) in [5.74, 6) is -0.122. The van der Waals surface area contributed by atoms with Gasteiger partial charge in [0.25, 0.3) is 0 Å². The molecule has 3 rings (SSSR count). The highest BCUT2D eigenvalue weighted by Crippen LogP contribution is 2.20. The summed E-state index contributed by atoms with van der Waals surface area (Å²) in [6.07, 6.45) is 0.935. The maximum absolute atomic E-state index is 12.6. The summed E-state index contributed by atoms with van der Waals surface area (Å²) < 4.78 is 4.89. The quantitative estimate of drug-likeness (QED) is 0.780. The number of nitrogens with zero attached hydrogens (tertiary/aromatic N) is 3. The van der Waals surface area contributed by atoms with E-state index in [1.165, 1.54) is 4.90 Å². The van der Waals surface area contributed by atoms with Gasteiger partial charge in [-0.15, -0.1) is 0 Å². The lowest BCUT2D eigenvalue weighted by Crippen LogP contribution is -2.39. The number of anilines is 1. The summed E-state index contributed by atoms with van der Waals surface area (Å²) in [5.41, 5.74) is 1.15. The third-order valence-electron chi connectivity index (χ3n) is 4.73. The Morgan fingerprint density at radius 3 is 2.75 bits per heavy atom. The first kappa shape index (κ1) is 19.6. The minimum absolute atomic E-state index is 0.0230. The highest BCUT2D eigenvalue weighted by Gasteiger charge is 2.35. The van der Waals surface area contributed by atoms with Gasteiger partial charge >= 0.3 is 0 Å². The van der Waals surface area contributed by atoms with Crippen molar-refractivity contribution in [2.45, 2.75) is 19.8 Å². The summed E-state index contributed by atoms with van der Waals surface area (Å²) in [7, 11) is 1.56. The minimum Gasteiger partial charge on any atom is -0.360 e. The number of benzene rings is 1. The minimum atomic E-state index is -0.421. The summed E-state index contributed by atoms with van der Waals surface area (Å²) in [5, 5.41) is 6.27. The molecule has 1 aromatic heterocycles. The highest BCUT2D eigenvalue weighted by atomic mass is 16.5. The molecule has 0 aliphatic carbocycles. The maximum Gasteiger partial charge on any atom is 0.245 e. The van der Waals surface area contributed by atoms with Gasteiger partial charge in [-0.1, -0.05) is 35.5 Å². The predicted molar refractivity (Wildman–Crippen MR) is 102 cm³/mol. The van der Waals surface area contributed by atoms with Crippen LogP contribution in [0, 0.1) is 12.8 Å². The lowest BCUT2D eigenvalue weighted by Gasteiger charge is -2.21. The van der Waals surface area contributed by atoms with E-state index in [-0.39, 0.29) is 30.7 Å². The number of hydrogen-bond donors (Lipinski definition) is 1. The van der Waals surface area contributed by atoms with E-state index in [0.29, 0.717) is 24.7 Å². The van der Waals surface area contributed by atoms with Gasteiger partial charge < -0.3 is 19.6 Å². The maximum atomic E-state index is 12.6. The Morgan fingerprint density at radius 1 is 1.32 bits per heavy atom. The second kappa shape index (κ2) is 8.69. The molecule has 0 spiro atoms. The van der Waals surface area contributed by atoms with E-state index in [1.54, 1.807) is 24.9 Å². The molecule has 148 valence electrons. The fourth-order valence-corrected chi connectivity index (χ4v) is 3.28. The molecule has 1 saturated heterocycles. The number of amides is 3. The Morgan fingerprint density at radius 2 is 2.07 bits per heavy atom. The number of rotatable bonds is 7. The van der Waals surface area contributed by atoms with Gasteiger partial charge in [0.1, 0.15) is 5.76 Å². The third kappa shape index (κ3) is 4.97. The molecule has 1 aromatic carbocycles. The predicted octanol–water partition coefficient (Wildman–Crippen LogP) is 1.47. The molecule has 1 aliphatic heterocycles. The largest absolute Gasteiger partial charge is 0.360 e. The molecule has 2 aromatic rings. The van der Waals surface area contributed by atoms with Crippen LogP contribution in [0.5, 0.6) is 0 Å². The molecular weight excluding hydrogens is 360 g/mol. The number of nitrogens with one attached hydrogen (secondary N) is 1. The van der Waals surface area contributed by atoms with Crippen molar-refractivity contribution in [1.29, 1.82) is 0 Å². The molecule has 1 atom stereocenters. The number of likely N-dealkylation sites (tertiary alicyclic amines) is 1. The molecule has 1 unspecified atom stereocenters. The van der Waals surface area contributed by atoms with E-state index in [0.717, 1.165) is 12.0 Å². The molecule has 8 heteroatoms. The number of aryl methyl sites for hydroxylation is 1. The number of carbonyl (C=O) groups is 3. The number of likely N-dealkylation sites (N-methyl/N-ethyl adjacent to an activating group) is 1. The number of aromatic nitrogens is 1. The van der Waals surface area contributed by atoms with E-state index in [1.807, 2.05) is 30.3 Å². The van der Waals surface area contributed by atoms with Gasteiger partial charge in [-0.2, -0.15) is 0 Å². The van der Waals surface area contributed by atoms with E-state index in [4.69, 9.17) is 4.52 Å². The van der Waals surface area contributed by atoms with Crippen LogP contribution in [-0.4, -0.2) is 59.4 Å². The first-order valence-electron chi connectivity index (χ1n) is 9.22. The van der Waals surface area contributed by atoms with E-state index >= 15 is 0 Å². The monoisotopic (exact) mass is 384 g/mol. The van der Waals surface area contributed by atoms with Crippen molar-refractivity contribution >= 4 is 23.5 Å². The van der Waals surface area contributed by atoms with Gasteiger partial charge in [-0.05, 0) is 18.9 Å². The molecule has 1 N–H and O–H groups in total. The summed E-state index contributed by atoms with van der Waals surface area (Å²) >= 11 is 0. The van der Waals surface area contributed by atoms with Gasteiger partial charge in [-0.25, -0.2) is 0 Å². The molecule has 1 aliphatic rings. The molecule has 0 saturated carbocycles. The fraction of sp³-hybridized carbons (Fsp3) is 0.400. The lowest BCUT2D eigenvalue weighted by atomic mass is 10.1. The Labute approximate surface area is 163 Å². The van der Waals surface area contributed by atoms with E-state index in [2.05, 4.69) is 10.5 Å². The Balaban J connectivity index is 1.48. The molecule has 1 fully saturated rings. The first-order chi connectivity index (χ1) is 13.4. The van der Waals surface area contributed by atoms with Crippen LogP contribution in [-0.2, 0) is 20.8 Å². The van der Waals surface area contributed by atoms with Crippen molar-refractivity contribution in [1.82, 2.24) is 15.0 Å². The van der Waals surface area contributed by atoms with Crippen LogP contribution in [0.2, 0.25) is 0 Å². The first-order valence-corrected chi connectivity index (χ1v) is 9.22. The molecule has 3 amide bonds. The highest BCUT2D eigenvalue weighted by molar-refractivity contribution is 5.95. The lowest BCUT2D eigenvalue weighted by molar-refractivity contribution is -0.137. The molecule has 28 heavy (non-hydrogen) atoms. The Hall–Kier alpha value is -3.16. The fourth-order valence-electron chi connectivity index (χ4n) is 3.28. The van der Waals surface area contributed by atoms with Crippen LogP contribution in [0.4, 0.5) is 5.82 Å². The molecule has 0 bridgehead atoms. The smallest absolute Gasteiger partial charge is 0.245 e. The number of hydrogen-bond acceptors (Lipinski definition) is 5. The van der Waals surface area contributed by atoms with Gasteiger partial charge in [0.2, 0.25) is 17.7 Å². The van der Waals surface area contributed by atoms with Gasteiger partial charge in [-0.3, -0.25) is 14.4 Å². The topological polar surface area (TPSA) is 95.8 Å². The summed E-state index contributed by atoms with van der Waals surface area (Å²) in [4.78, 5) is 40.0. The second-order valence-corrected chi connectivity index (χ2v) is 7.04. The summed E-state index contributed by atoms with van der Waals surface area (Å²) in [6.45, 7) is 2.58. The second-order valence-electron chi connectivity index (χ2n) is 7.04. The zero-order chi connectivity index (χ0) is 20.1. The van der Waals surface area contributed by atoms with Crippen molar-refractivity contribution < 1.29 is 18.9 Å². The normalized spacial score (nSPS) is 16.3. The average molecular weight is 384 g/mol. The van der Waals surface area contributed by atoms with Crippen LogP contribution in [0.3, 0.4) is 0 Å². The zero-order valence-electron chi connectivity index (χ0n) is 16.1. The van der Waals surface area contributed by atoms with Crippen LogP contribution in [0.25, 0.3) is 0 Å². The molecule has 8 nitrogen and oxygen atoms in total. The van der Waals surface area contributed by atoms with Crippen molar-refractivity contribution in [3.8, 4) is 0 Å². The Kier molecular flexibility index (Phi) is 6.08.